The van der Waals surface area contributed by atoms with Crippen molar-refractivity contribution >= 4 is 11.6 Å². The largest absolute Gasteiger partial charge is 0.367 e. The first-order valence-corrected chi connectivity index (χ1v) is 10.5. The fourth-order valence-electron chi connectivity index (χ4n) is 4.11. The molecule has 0 aliphatic carbocycles. The quantitative estimate of drug-likeness (QED) is 0.607. The molecule has 0 bridgehead atoms. The van der Waals surface area contributed by atoms with E-state index in [1.165, 1.54) is 23.2 Å². The third kappa shape index (κ3) is 4.51. The molecule has 1 heterocycles. The van der Waals surface area contributed by atoms with Crippen LogP contribution in [-0.2, 0) is 13.0 Å². The van der Waals surface area contributed by atoms with Gasteiger partial charge in [0.2, 0.25) is 0 Å². The first-order chi connectivity index (χ1) is 14.2. The van der Waals surface area contributed by atoms with Crippen LogP contribution >= 0.6 is 0 Å². The molecule has 1 N–H and O–H groups in total. The van der Waals surface area contributed by atoms with Gasteiger partial charge in [-0.25, -0.2) is 0 Å². The number of para-hydroxylation sites is 1. The summed E-state index contributed by atoms with van der Waals surface area (Å²) in [7, 11) is 0. The average molecular weight is 385 g/mol. The Morgan fingerprint density at radius 1 is 0.966 bits per heavy atom. The minimum absolute atomic E-state index is 0.0180. The second-order valence-corrected chi connectivity index (χ2v) is 7.70. The Balaban J connectivity index is 1.42. The maximum atomic E-state index is 12.7. The zero-order valence-corrected chi connectivity index (χ0v) is 17.0. The molecule has 0 saturated heterocycles. The lowest BCUT2D eigenvalue weighted by molar-refractivity contribution is 0.0935. The molecule has 148 valence electrons. The van der Waals surface area contributed by atoms with Gasteiger partial charge in [-0.3, -0.25) is 4.79 Å². The first kappa shape index (κ1) is 19.3. The number of benzene rings is 3. The van der Waals surface area contributed by atoms with Crippen LogP contribution < -0.4 is 10.2 Å². The predicted molar refractivity (Wildman–Crippen MR) is 119 cm³/mol. The van der Waals surface area contributed by atoms with Crippen LogP contribution in [0.2, 0.25) is 0 Å². The van der Waals surface area contributed by atoms with Gasteiger partial charge in [-0.15, -0.1) is 0 Å². The maximum absolute atomic E-state index is 12.7. The van der Waals surface area contributed by atoms with Crippen LogP contribution in [0, 0.1) is 0 Å². The summed E-state index contributed by atoms with van der Waals surface area (Å²) in [6.07, 6.45) is 3.21. The molecule has 3 aromatic carbocycles. The van der Waals surface area contributed by atoms with E-state index in [4.69, 9.17) is 0 Å². The summed E-state index contributed by atoms with van der Waals surface area (Å²) >= 11 is 0. The molecule has 0 saturated carbocycles. The van der Waals surface area contributed by atoms with Gasteiger partial charge >= 0.3 is 0 Å². The molecule has 0 unspecified atom stereocenters. The first-order valence-electron chi connectivity index (χ1n) is 10.5. The molecule has 3 heteroatoms. The number of anilines is 1. The zero-order valence-electron chi connectivity index (χ0n) is 17.0. The molecular weight excluding hydrogens is 356 g/mol. The summed E-state index contributed by atoms with van der Waals surface area (Å²) < 4.78 is 0. The lowest BCUT2D eigenvalue weighted by atomic mass is 10.0. The van der Waals surface area contributed by atoms with Crippen LogP contribution in [0.25, 0.3) is 0 Å². The number of fused-ring (bicyclic) bond motifs is 1. The summed E-state index contributed by atoms with van der Waals surface area (Å²) in [4.78, 5) is 15.2. The highest BCUT2D eigenvalue weighted by molar-refractivity contribution is 5.94. The minimum Gasteiger partial charge on any atom is -0.367 e. The van der Waals surface area contributed by atoms with Crippen molar-refractivity contribution in [3.05, 3.63) is 101 Å². The topological polar surface area (TPSA) is 32.3 Å². The van der Waals surface area contributed by atoms with Gasteiger partial charge in [-0.05, 0) is 54.2 Å². The fraction of sp³-hybridized carbons (Fsp3) is 0.269. The van der Waals surface area contributed by atoms with E-state index in [-0.39, 0.29) is 11.9 Å². The molecule has 1 amide bonds. The molecule has 0 radical (unpaired) electrons. The molecule has 1 aliphatic rings. The second-order valence-electron chi connectivity index (χ2n) is 7.70. The lowest BCUT2D eigenvalue weighted by Crippen LogP contribution is -2.29. The van der Waals surface area contributed by atoms with E-state index in [0.29, 0.717) is 5.56 Å². The number of carbonyl (C=O) groups excluding carboxylic acids is 1. The average Bonchev–Trinajstić information content (AvgIpc) is 2.78. The van der Waals surface area contributed by atoms with Crippen LogP contribution in [0.3, 0.4) is 0 Å². The molecule has 1 atom stereocenters. The Morgan fingerprint density at radius 2 is 1.69 bits per heavy atom. The highest BCUT2D eigenvalue weighted by Crippen LogP contribution is 2.28. The van der Waals surface area contributed by atoms with Crippen molar-refractivity contribution in [3.63, 3.8) is 0 Å². The molecule has 0 spiro atoms. The Kier molecular flexibility index (Phi) is 5.95. The van der Waals surface area contributed by atoms with Crippen molar-refractivity contribution in [1.29, 1.82) is 0 Å². The van der Waals surface area contributed by atoms with E-state index in [0.717, 1.165) is 31.5 Å². The summed E-state index contributed by atoms with van der Waals surface area (Å²) in [5, 5.41) is 3.16. The number of nitrogens with one attached hydrogen (secondary N) is 1. The van der Waals surface area contributed by atoms with E-state index in [1.54, 1.807) is 0 Å². The van der Waals surface area contributed by atoms with Crippen LogP contribution in [0.15, 0.2) is 78.9 Å². The number of carbonyl (C=O) groups is 1. The van der Waals surface area contributed by atoms with Crippen LogP contribution in [0.1, 0.15) is 52.9 Å². The van der Waals surface area contributed by atoms with E-state index in [2.05, 4.69) is 65.7 Å². The standard InChI is InChI=1S/C26H28N2O/c1-2-24(21-9-4-3-5-10-21)27-26(29)23-16-14-20(15-17-23)19-28-18-8-12-22-11-6-7-13-25(22)28/h3-7,9-11,13-17,24H,2,8,12,18-19H2,1H3,(H,27,29)/t24-/m0/s1. The Bertz CT molecular complexity index is 950. The van der Waals surface area contributed by atoms with Crippen molar-refractivity contribution in [2.75, 3.05) is 11.4 Å². The summed E-state index contributed by atoms with van der Waals surface area (Å²) in [6, 6.07) is 26.9. The monoisotopic (exact) mass is 384 g/mol. The second kappa shape index (κ2) is 8.95. The van der Waals surface area contributed by atoms with E-state index in [9.17, 15) is 4.79 Å². The van der Waals surface area contributed by atoms with Crippen molar-refractivity contribution < 1.29 is 4.79 Å². The van der Waals surface area contributed by atoms with Crippen molar-refractivity contribution in [2.45, 2.75) is 38.8 Å². The number of nitrogens with zero attached hydrogens (tertiary/aromatic N) is 1. The molecule has 0 fully saturated rings. The number of aryl methyl sites for hydroxylation is 1. The van der Waals surface area contributed by atoms with Gasteiger partial charge in [0.1, 0.15) is 0 Å². The van der Waals surface area contributed by atoms with Crippen molar-refractivity contribution in [3.8, 4) is 0 Å². The van der Waals surface area contributed by atoms with Crippen molar-refractivity contribution in [2.24, 2.45) is 0 Å². The minimum atomic E-state index is -0.0180. The SMILES string of the molecule is CC[C@H](NC(=O)c1ccc(CN2CCCc3ccccc32)cc1)c1ccccc1. The van der Waals surface area contributed by atoms with E-state index >= 15 is 0 Å². The molecule has 3 nitrogen and oxygen atoms in total. The molecule has 29 heavy (non-hydrogen) atoms. The van der Waals surface area contributed by atoms with Gasteiger partial charge in [0.15, 0.2) is 0 Å². The van der Waals surface area contributed by atoms with Gasteiger partial charge in [-0.2, -0.15) is 0 Å². The summed E-state index contributed by atoms with van der Waals surface area (Å²) in [5.41, 5.74) is 5.86. The Morgan fingerprint density at radius 3 is 2.45 bits per heavy atom. The third-order valence-corrected chi connectivity index (χ3v) is 5.71. The molecule has 1 aliphatic heterocycles. The van der Waals surface area contributed by atoms with Crippen LogP contribution in [0.5, 0.6) is 0 Å². The molecular formula is C26H28N2O. The number of amides is 1. The van der Waals surface area contributed by atoms with Crippen LogP contribution in [-0.4, -0.2) is 12.5 Å². The number of rotatable bonds is 6. The van der Waals surface area contributed by atoms with Crippen molar-refractivity contribution in [1.82, 2.24) is 5.32 Å². The van der Waals surface area contributed by atoms with Gasteiger partial charge in [0.05, 0.1) is 6.04 Å². The maximum Gasteiger partial charge on any atom is 0.251 e. The molecule has 0 aromatic heterocycles. The molecule has 4 rings (SSSR count). The molecule has 3 aromatic rings. The highest BCUT2D eigenvalue weighted by Gasteiger charge is 2.17. The van der Waals surface area contributed by atoms with Gasteiger partial charge in [0.25, 0.3) is 5.91 Å². The summed E-state index contributed by atoms with van der Waals surface area (Å²) in [5.74, 6) is -0.0180. The van der Waals surface area contributed by atoms with Crippen LogP contribution in [0.4, 0.5) is 5.69 Å². The van der Waals surface area contributed by atoms with Gasteiger partial charge < -0.3 is 10.2 Å². The highest BCUT2D eigenvalue weighted by atomic mass is 16.1. The smallest absolute Gasteiger partial charge is 0.251 e. The zero-order chi connectivity index (χ0) is 20.1. The van der Waals surface area contributed by atoms with Gasteiger partial charge in [-0.1, -0.05) is 67.6 Å². The van der Waals surface area contributed by atoms with E-state index < -0.39 is 0 Å². The van der Waals surface area contributed by atoms with Gasteiger partial charge in [0, 0.05) is 24.3 Å². The predicted octanol–water partition coefficient (Wildman–Crippen LogP) is 5.52. The van der Waals surface area contributed by atoms with E-state index in [1.807, 2.05) is 30.3 Å². The fourth-order valence-corrected chi connectivity index (χ4v) is 4.11. The Hall–Kier alpha value is -3.07. The summed E-state index contributed by atoms with van der Waals surface area (Å²) in [6.45, 7) is 4.05. The third-order valence-electron chi connectivity index (χ3n) is 5.71. The Labute approximate surface area is 173 Å². The number of hydrogen-bond acceptors (Lipinski definition) is 2. The normalized spacial score (nSPS) is 14.2. The lowest BCUT2D eigenvalue weighted by Gasteiger charge is -2.31. The number of hydrogen-bond donors (Lipinski definition) is 1.